The van der Waals surface area contributed by atoms with Crippen LogP contribution in [0.2, 0.25) is 10.0 Å². The molecule has 0 spiro atoms. The maximum Gasteiger partial charge on any atom is 0.277 e. The van der Waals surface area contributed by atoms with Gasteiger partial charge in [-0.2, -0.15) is 5.10 Å². The third kappa shape index (κ3) is 5.36. The Morgan fingerprint density at radius 3 is 2.81 bits per heavy atom. The van der Waals surface area contributed by atoms with E-state index in [1.807, 2.05) is 19.1 Å². The number of hydrogen-bond acceptors (Lipinski definition) is 4. The predicted molar refractivity (Wildman–Crippen MR) is 107 cm³/mol. The van der Waals surface area contributed by atoms with Gasteiger partial charge in [-0.3, -0.25) is 4.79 Å². The Kier molecular flexibility index (Phi) is 6.16. The van der Waals surface area contributed by atoms with Crippen LogP contribution in [-0.2, 0) is 4.79 Å². The maximum absolute atomic E-state index is 11.8. The number of furan rings is 1. The number of amides is 1. The summed E-state index contributed by atoms with van der Waals surface area (Å²) in [6.07, 6.45) is 1.42. The molecular formula is C20H16Cl2N2O3. The zero-order valence-electron chi connectivity index (χ0n) is 14.4. The van der Waals surface area contributed by atoms with E-state index < -0.39 is 0 Å². The molecule has 1 N–H and O–H groups in total. The highest BCUT2D eigenvalue weighted by atomic mass is 35.5. The van der Waals surface area contributed by atoms with Gasteiger partial charge in [0.1, 0.15) is 17.3 Å². The molecule has 1 amide bonds. The molecule has 2 aromatic carbocycles. The summed E-state index contributed by atoms with van der Waals surface area (Å²) in [4.78, 5) is 11.8. The second-order valence-electron chi connectivity index (χ2n) is 5.71. The molecule has 0 fully saturated rings. The minimum absolute atomic E-state index is 0.162. The van der Waals surface area contributed by atoms with Crippen LogP contribution in [0.5, 0.6) is 5.75 Å². The first-order chi connectivity index (χ1) is 13.0. The van der Waals surface area contributed by atoms with Crippen molar-refractivity contribution in [1.29, 1.82) is 0 Å². The van der Waals surface area contributed by atoms with E-state index in [0.717, 1.165) is 11.1 Å². The van der Waals surface area contributed by atoms with Gasteiger partial charge in [-0.25, -0.2) is 5.43 Å². The molecule has 0 saturated carbocycles. The van der Waals surface area contributed by atoms with E-state index in [2.05, 4.69) is 10.5 Å². The van der Waals surface area contributed by atoms with E-state index in [4.69, 9.17) is 32.4 Å². The van der Waals surface area contributed by atoms with Gasteiger partial charge < -0.3 is 9.15 Å². The van der Waals surface area contributed by atoms with E-state index in [1.54, 1.807) is 42.5 Å². The van der Waals surface area contributed by atoms with Gasteiger partial charge >= 0.3 is 0 Å². The van der Waals surface area contributed by atoms with Crippen molar-refractivity contribution in [3.8, 4) is 17.1 Å². The number of nitrogens with one attached hydrogen (secondary N) is 1. The molecule has 0 aliphatic carbocycles. The topological polar surface area (TPSA) is 63.8 Å². The zero-order valence-corrected chi connectivity index (χ0v) is 15.9. The average Bonchev–Trinajstić information content (AvgIpc) is 3.12. The highest BCUT2D eigenvalue weighted by molar-refractivity contribution is 6.31. The Labute approximate surface area is 166 Å². The summed E-state index contributed by atoms with van der Waals surface area (Å²) in [6.45, 7) is 1.70. The Hall–Kier alpha value is -2.76. The van der Waals surface area contributed by atoms with Crippen LogP contribution < -0.4 is 10.2 Å². The fourth-order valence-corrected chi connectivity index (χ4v) is 2.58. The fraction of sp³-hybridized carbons (Fsp3) is 0.100. The van der Waals surface area contributed by atoms with Gasteiger partial charge in [0.25, 0.3) is 5.91 Å². The molecule has 5 nitrogen and oxygen atoms in total. The quantitative estimate of drug-likeness (QED) is 0.461. The number of halogens is 2. The number of hydrazone groups is 1. The van der Waals surface area contributed by atoms with Crippen LogP contribution >= 0.6 is 23.2 Å². The van der Waals surface area contributed by atoms with Gasteiger partial charge in [-0.1, -0.05) is 35.3 Å². The molecule has 3 aromatic rings. The number of benzene rings is 2. The number of aryl methyl sites for hydroxylation is 1. The molecule has 3 rings (SSSR count). The third-order valence-corrected chi connectivity index (χ3v) is 4.28. The SMILES string of the molecule is Cc1cc(OCC(=O)N/N=C/c2ccc(-c3cccc(Cl)c3)o2)ccc1Cl. The van der Waals surface area contributed by atoms with E-state index >= 15 is 0 Å². The molecule has 1 aromatic heterocycles. The second-order valence-corrected chi connectivity index (χ2v) is 6.55. The van der Waals surface area contributed by atoms with E-state index in [1.165, 1.54) is 6.21 Å². The first kappa shape index (κ1) is 19.0. The fourth-order valence-electron chi connectivity index (χ4n) is 2.28. The normalized spacial score (nSPS) is 10.9. The van der Waals surface area contributed by atoms with E-state index in [-0.39, 0.29) is 12.5 Å². The average molecular weight is 403 g/mol. The number of ether oxygens (including phenoxy) is 1. The van der Waals surface area contributed by atoms with Crippen LogP contribution in [0.15, 0.2) is 64.1 Å². The van der Waals surface area contributed by atoms with Crippen molar-refractivity contribution < 1.29 is 13.9 Å². The standard InChI is InChI=1S/C20H16Cl2N2O3/c1-13-9-16(5-7-18(13)22)26-12-20(25)24-23-11-17-6-8-19(27-17)14-3-2-4-15(21)10-14/h2-11H,12H2,1H3,(H,24,25)/b23-11+. The Bertz CT molecular complexity index is 983. The Balaban J connectivity index is 1.51. The monoisotopic (exact) mass is 402 g/mol. The number of hydrogen-bond donors (Lipinski definition) is 1. The first-order valence-electron chi connectivity index (χ1n) is 8.08. The first-order valence-corrected chi connectivity index (χ1v) is 8.83. The van der Waals surface area contributed by atoms with Gasteiger partial charge in [-0.05, 0) is 55.0 Å². The highest BCUT2D eigenvalue weighted by Gasteiger charge is 2.05. The van der Waals surface area contributed by atoms with Crippen molar-refractivity contribution in [3.63, 3.8) is 0 Å². The van der Waals surface area contributed by atoms with Gasteiger partial charge in [0.2, 0.25) is 0 Å². The van der Waals surface area contributed by atoms with Crippen molar-refractivity contribution >= 4 is 35.3 Å². The molecule has 0 radical (unpaired) electrons. The lowest BCUT2D eigenvalue weighted by atomic mass is 10.2. The summed E-state index contributed by atoms with van der Waals surface area (Å²) in [5.74, 6) is 1.33. The molecule has 0 aliphatic heterocycles. The number of carbonyl (C=O) groups is 1. The lowest BCUT2D eigenvalue weighted by molar-refractivity contribution is -0.123. The summed E-state index contributed by atoms with van der Waals surface area (Å²) < 4.78 is 11.1. The van der Waals surface area contributed by atoms with Gasteiger partial charge in [0.05, 0.1) is 6.21 Å². The van der Waals surface area contributed by atoms with E-state index in [9.17, 15) is 4.79 Å². The minimum atomic E-state index is -0.388. The smallest absolute Gasteiger partial charge is 0.277 e. The molecule has 0 unspecified atom stereocenters. The molecule has 27 heavy (non-hydrogen) atoms. The van der Waals surface area contributed by atoms with Crippen LogP contribution in [0.4, 0.5) is 0 Å². The van der Waals surface area contributed by atoms with Crippen molar-refractivity contribution in [2.45, 2.75) is 6.92 Å². The van der Waals surface area contributed by atoms with Crippen molar-refractivity contribution in [2.24, 2.45) is 5.10 Å². The lowest BCUT2D eigenvalue weighted by Gasteiger charge is -2.06. The zero-order chi connectivity index (χ0) is 19.2. The van der Waals surface area contributed by atoms with Gasteiger partial charge in [0, 0.05) is 15.6 Å². The summed E-state index contributed by atoms with van der Waals surface area (Å²) in [6, 6.07) is 16.1. The van der Waals surface area contributed by atoms with Gasteiger partial charge in [0.15, 0.2) is 6.61 Å². The van der Waals surface area contributed by atoms with Crippen molar-refractivity contribution in [3.05, 3.63) is 76.0 Å². The Morgan fingerprint density at radius 1 is 1.19 bits per heavy atom. The third-order valence-electron chi connectivity index (χ3n) is 3.62. The van der Waals surface area contributed by atoms with Crippen molar-refractivity contribution in [2.75, 3.05) is 6.61 Å². The van der Waals surface area contributed by atoms with Crippen LogP contribution in [0, 0.1) is 6.92 Å². The highest BCUT2D eigenvalue weighted by Crippen LogP contribution is 2.24. The summed E-state index contributed by atoms with van der Waals surface area (Å²) >= 11 is 11.9. The largest absolute Gasteiger partial charge is 0.484 e. The number of rotatable bonds is 6. The molecule has 138 valence electrons. The van der Waals surface area contributed by atoms with E-state index in [0.29, 0.717) is 27.3 Å². The summed E-state index contributed by atoms with van der Waals surface area (Å²) in [7, 11) is 0. The van der Waals surface area contributed by atoms with Crippen LogP contribution in [0.3, 0.4) is 0 Å². The molecule has 7 heteroatoms. The Morgan fingerprint density at radius 2 is 2.04 bits per heavy atom. The van der Waals surface area contributed by atoms with Crippen LogP contribution in [-0.4, -0.2) is 18.7 Å². The van der Waals surface area contributed by atoms with Crippen LogP contribution in [0.25, 0.3) is 11.3 Å². The molecule has 1 heterocycles. The molecule has 0 saturated heterocycles. The maximum atomic E-state index is 11.8. The molecule has 0 bridgehead atoms. The second kappa shape index (κ2) is 8.75. The molecular weight excluding hydrogens is 387 g/mol. The number of carbonyl (C=O) groups excluding carboxylic acids is 1. The van der Waals surface area contributed by atoms with Crippen molar-refractivity contribution in [1.82, 2.24) is 5.43 Å². The predicted octanol–water partition coefficient (Wildman–Crippen LogP) is 5.09. The van der Waals surface area contributed by atoms with Gasteiger partial charge in [-0.15, -0.1) is 0 Å². The van der Waals surface area contributed by atoms with Crippen LogP contribution in [0.1, 0.15) is 11.3 Å². The number of nitrogens with zero attached hydrogens (tertiary/aromatic N) is 1. The molecule has 0 atom stereocenters. The lowest BCUT2D eigenvalue weighted by Crippen LogP contribution is -2.24. The molecule has 0 aliphatic rings. The minimum Gasteiger partial charge on any atom is -0.484 e. The summed E-state index contributed by atoms with van der Waals surface area (Å²) in [5, 5.41) is 5.14. The summed E-state index contributed by atoms with van der Waals surface area (Å²) in [5.41, 5.74) is 4.12.